The van der Waals surface area contributed by atoms with Gasteiger partial charge in [0.15, 0.2) is 0 Å². The van der Waals surface area contributed by atoms with E-state index in [-0.39, 0.29) is 5.91 Å². The van der Waals surface area contributed by atoms with Gasteiger partial charge in [0.05, 0.1) is 16.9 Å². The van der Waals surface area contributed by atoms with Crippen molar-refractivity contribution in [1.29, 1.82) is 0 Å². The van der Waals surface area contributed by atoms with Crippen molar-refractivity contribution < 1.29 is 4.79 Å². The summed E-state index contributed by atoms with van der Waals surface area (Å²) in [5.74, 6) is 0.534. The topological polar surface area (TPSA) is 32.3 Å². The quantitative estimate of drug-likeness (QED) is 0.839. The first-order chi connectivity index (χ1) is 9.18. The Labute approximate surface area is 112 Å². The highest BCUT2D eigenvalue weighted by Gasteiger charge is 2.28. The van der Waals surface area contributed by atoms with Gasteiger partial charge in [-0.1, -0.05) is 36.9 Å². The zero-order valence-electron chi connectivity index (χ0n) is 10.7. The SMILES string of the molecule is C=C1Nc2ccccc2C(=O)N1c1ccccc1C. The Morgan fingerprint density at radius 3 is 2.53 bits per heavy atom. The highest BCUT2D eigenvalue weighted by molar-refractivity contribution is 6.14. The van der Waals surface area contributed by atoms with Gasteiger partial charge in [-0.3, -0.25) is 9.69 Å². The third-order valence-corrected chi connectivity index (χ3v) is 3.27. The predicted molar refractivity (Wildman–Crippen MR) is 77.2 cm³/mol. The Bertz CT molecular complexity index is 676. The molecule has 1 aliphatic heterocycles. The van der Waals surface area contributed by atoms with E-state index >= 15 is 0 Å². The summed E-state index contributed by atoms with van der Waals surface area (Å²) in [6.45, 7) is 5.94. The molecule has 2 aromatic rings. The lowest BCUT2D eigenvalue weighted by molar-refractivity contribution is 0.0993. The van der Waals surface area contributed by atoms with Gasteiger partial charge in [0, 0.05) is 0 Å². The number of para-hydroxylation sites is 2. The van der Waals surface area contributed by atoms with E-state index in [4.69, 9.17) is 0 Å². The number of amides is 1. The third kappa shape index (κ3) is 1.80. The number of anilines is 2. The molecular formula is C16H14N2O. The lowest BCUT2D eigenvalue weighted by atomic mass is 10.1. The zero-order chi connectivity index (χ0) is 13.4. The molecule has 1 heterocycles. The minimum absolute atomic E-state index is 0.0475. The second-order valence-corrected chi connectivity index (χ2v) is 4.54. The predicted octanol–water partition coefficient (Wildman–Crippen LogP) is 3.54. The van der Waals surface area contributed by atoms with Crippen molar-refractivity contribution in [2.75, 3.05) is 10.2 Å². The number of hydrogen-bond donors (Lipinski definition) is 1. The van der Waals surface area contributed by atoms with Crippen LogP contribution >= 0.6 is 0 Å². The Hall–Kier alpha value is -2.55. The van der Waals surface area contributed by atoms with Crippen molar-refractivity contribution in [2.24, 2.45) is 0 Å². The molecule has 0 aromatic heterocycles. The van der Waals surface area contributed by atoms with Crippen LogP contribution in [0.25, 0.3) is 0 Å². The molecule has 3 heteroatoms. The number of nitrogens with one attached hydrogen (secondary N) is 1. The van der Waals surface area contributed by atoms with Crippen LogP contribution in [-0.4, -0.2) is 5.91 Å². The number of benzene rings is 2. The van der Waals surface area contributed by atoms with Crippen LogP contribution in [0.2, 0.25) is 0 Å². The highest BCUT2D eigenvalue weighted by Crippen LogP contribution is 2.31. The summed E-state index contributed by atoms with van der Waals surface area (Å²) in [5.41, 5.74) is 3.37. The maximum absolute atomic E-state index is 12.6. The first-order valence-electron chi connectivity index (χ1n) is 6.13. The van der Waals surface area contributed by atoms with E-state index in [9.17, 15) is 4.79 Å². The molecule has 0 bridgehead atoms. The molecule has 0 unspecified atom stereocenters. The molecule has 0 radical (unpaired) electrons. The Morgan fingerprint density at radius 2 is 1.74 bits per heavy atom. The van der Waals surface area contributed by atoms with Crippen molar-refractivity contribution in [1.82, 2.24) is 0 Å². The molecule has 0 saturated heterocycles. The second kappa shape index (κ2) is 4.28. The van der Waals surface area contributed by atoms with Gasteiger partial charge in [0.2, 0.25) is 0 Å². The summed E-state index contributed by atoms with van der Waals surface area (Å²) in [6.07, 6.45) is 0. The van der Waals surface area contributed by atoms with Crippen molar-refractivity contribution in [2.45, 2.75) is 6.92 Å². The van der Waals surface area contributed by atoms with Crippen molar-refractivity contribution in [3.63, 3.8) is 0 Å². The Kier molecular flexibility index (Phi) is 2.60. The number of aryl methyl sites for hydroxylation is 1. The van der Waals surface area contributed by atoms with Gasteiger partial charge >= 0.3 is 0 Å². The van der Waals surface area contributed by atoms with E-state index in [2.05, 4.69) is 11.9 Å². The molecule has 1 amide bonds. The Morgan fingerprint density at radius 1 is 1.05 bits per heavy atom. The minimum atomic E-state index is -0.0475. The second-order valence-electron chi connectivity index (χ2n) is 4.54. The molecule has 0 spiro atoms. The first kappa shape index (κ1) is 11.5. The summed E-state index contributed by atoms with van der Waals surface area (Å²) in [6, 6.07) is 15.2. The lowest BCUT2D eigenvalue weighted by Gasteiger charge is -2.32. The fourth-order valence-electron chi connectivity index (χ4n) is 2.30. The molecule has 0 saturated carbocycles. The van der Waals surface area contributed by atoms with Gasteiger partial charge in [0.25, 0.3) is 5.91 Å². The van der Waals surface area contributed by atoms with Gasteiger partial charge in [-0.05, 0) is 30.7 Å². The fourth-order valence-corrected chi connectivity index (χ4v) is 2.30. The summed E-state index contributed by atoms with van der Waals surface area (Å²) in [4.78, 5) is 14.2. The minimum Gasteiger partial charge on any atom is -0.341 e. The molecule has 1 N–H and O–H groups in total. The molecule has 19 heavy (non-hydrogen) atoms. The van der Waals surface area contributed by atoms with Crippen LogP contribution in [0.15, 0.2) is 60.9 Å². The van der Waals surface area contributed by atoms with Gasteiger partial charge in [-0.2, -0.15) is 0 Å². The lowest BCUT2D eigenvalue weighted by Crippen LogP contribution is -2.37. The van der Waals surface area contributed by atoms with Crippen molar-refractivity contribution in [3.8, 4) is 0 Å². The molecule has 3 rings (SSSR count). The van der Waals surface area contributed by atoms with E-state index in [0.29, 0.717) is 11.4 Å². The number of carbonyl (C=O) groups is 1. The molecule has 0 fully saturated rings. The highest BCUT2D eigenvalue weighted by atomic mass is 16.2. The molecule has 94 valence electrons. The molecule has 2 aromatic carbocycles. The van der Waals surface area contributed by atoms with Gasteiger partial charge in [0.1, 0.15) is 5.82 Å². The maximum Gasteiger partial charge on any atom is 0.266 e. The molecule has 0 aliphatic carbocycles. The average Bonchev–Trinajstić information content (AvgIpc) is 2.41. The van der Waals surface area contributed by atoms with Crippen LogP contribution in [0.5, 0.6) is 0 Å². The van der Waals surface area contributed by atoms with Crippen molar-refractivity contribution >= 4 is 17.3 Å². The number of carbonyl (C=O) groups excluding carboxylic acids is 1. The summed E-state index contributed by atoms with van der Waals surface area (Å²) in [7, 11) is 0. The van der Waals surface area contributed by atoms with E-state index in [1.54, 1.807) is 4.90 Å². The van der Waals surface area contributed by atoms with Crippen LogP contribution in [-0.2, 0) is 0 Å². The summed E-state index contributed by atoms with van der Waals surface area (Å²) >= 11 is 0. The van der Waals surface area contributed by atoms with E-state index in [0.717, 1.165) is 16.9 Å². The zero-order valence-corrected chi connectivity index (χ0v) is 10.7. The van der Waals surface area contributed by atoms with Gasteiger partial charge in [-0.25, -0.2) is 0 Å². The standard InChI is InChI=1S/C16H14N2O/c1-11-7-3-6-10-15(11)18-12(2)17-14-9-5-4-8-13(14)16(18)19/h3-10,17H,2H2,1H3. The van der Waals surface area contributed by atoms with Crippen LogP contribution in [0.1, 0.15) is 15.9 Å². The molecule has 1 aliphatic rings. The first-order valence-corrected chi connectivity index (χ1v) is 6.13. The van der Waals surface area contributed by atoms with E-state index in [1.807, 2.05) is 55.5 Å². The Balaban J connectivity index is 2.12. The normalized spacial score (nSPS) is 14.1. The van der Waals surface area contributed by atoms with Gasteiger partial charge < -0.3 is 5.32 Å². The maximum atomic E-state index is 12.6. The monoisotopic (exact) mass is 250 g/mol. The average molecular weight is 250 g/mol. The van der Waals surface area contributed by atoms with E-state index in [1.165, 1.54) is 0 Å². The molecule has 3 nitrogen and oxygen atoms in total. The van der Waals surface area contributed by atoms with Crippen molar-refractivity contribution in [3.05, 3.63) is 72.1 Å². The smallest absolute Gasteiger partial charge is 0.266 e. The third-order valence-electron chi connectivity index (χ3n) is 3.27. The molecule has 0 atom stereocenters. The number of nitrogens with zero attached hydrogens (tertiary/aromatic N) is 1. The van der Waals surface area contributed by atoms with Crippen LogP contribution in [0.3, 0.4) is 0 Å². The number of rotatable bonds is 1. The van der Waals surface area contributed by atoms with Gasteiger partial charge in [-0.15, -0.1) is 0 Å². The number of fused-ring (bicyclic) bond motifs is 1. The van der Waals surface area contributed by atoms with E-state index < -0.39 is 0 Å². The van der Waals surface area contributed by atoms with Crippen LogP contribution < -0.4 is 10.2 Å². The summed E-state index contributed by atoms with van der Waals surface area (Å²) < 4.78 is 0. The summed E-state index contributed by atoms with van der Waals surface area (Å²) in [5, 5.41) is 3.18. The van der Waals surface area contributed by atoms with Crippen LogP contribution in [0.4, 0.5) is 11.4 Å². The molecular weight excluding hydrogens is 236 g/mol. The fraction of sp³-hybridized carbons (Fsp3) is 0.0625. The largest absolute Gasteiger partial charge is 0.341 e. The van der Waals surface area contributed by atoms with Crippen LogP contribution in [0, 0.1) is 6.92 Å². The number of hydrogen-bond acceptors (Lipinski definition) is 2.